The maximum atomic E-state index is 9.86. The van der Waals surface area contributed by atoms with E-state index in [2.05, 4.69) is 46.9 Å². The molecule has 3 nitrogen and oxygen atoms in total. The van der Waals surface area contributed by atoms with Crippen LogP contribution in [0.15, 0.2) is 0 Å². The van der Waals surface area contributed by atoms with Crippen LogP contribution in [-0.4, -0.2) is 37.5 Å². The highest BCUT2D eigenvalue weighted by Crippen LogP contribution is 2.19. The zero-order chi connectivity index (χ0) is 15.5. The van der Waals surface area contributed by atoms with Gasteiger partial charge in [-0.05, 0) is 43.1 Å². The van der Waals surface area contributed by atoms with Gasteiger partial charge < -0.3 is 15.2 Å². The molecular weight excluding hydrogens is 250 g/mol. The smallest absolute Gasteiger partial charge is 0.0897 e. The fourth-order valence-electron chi connectivity index (χ4n) is 2.53. The summed E-state index contributed by atoms with van der Waals surface area (Å²) in [5.41, 5.74) is 0. The van der Waals surface area contributed by atoms with E-state index in [0.717, 1.165) is 25.5 Å². The first kappa shape index (κ1) is 19.9. The van der Waals surface area contributed by atoms with Crippen molar-refractivity contribution < 1.29 is 9.84 Å². The van der Waals surface area contributed by atoms with Crippen molar-refractivity contribution in [2.24, 2.45) is 23.7 Å². The summed E-state index contributed by atoms with van der Waals surface area (Å²) in [6, 6.07) is 0. The molecule has 0 saturated heterocycles. The summed E-state index contributed by atoms with van der Waals surface area (Å²) in [7, 11) is 0. The zero-order valence-electron chi connectivity index (χ0n) is 14.5. The molecule has 0 aromatic rings. The standard InChI is InChI=1S/C17H37NO2/c1-13(2)8-7-9-20-12-16(19)10-18-11-17(14(3)4)15(5)6/h13-19H,7-12H2,1-6H3. The third kappa shape index (κ3) is 10.6. The zero-order valence-corrected chi connectivity index (χ0v) is 14.5. The van der Waals surface area contributed by atoms with Crippen LogP contribution < -0.4 is 5.32 Å². The van der Waals surface area contributed by atoms with Crippen LogP contribution in [0.1, 0.15) is 54.4 Å². The molecule has 0 aromatic carbocycles. The average molecular weight is 287 g/mol. The van der Waals surface area contributed by atoms with Gasteiger partial charge in [0.05, 0.1) is 12.7 Å². The third-order valence-corrected chi connectivity index (χ3v) is 3.85. The fourth-order valence-corrected chi connectivity index (χ4v) is 2.53. The molecule has 0 aliphatic heterocycles. The van der Waals surface area contributed by atoms with E-state index in [4.69, 9.17) is 4.74 Å². The molecule has 3 heteroatoms. The normalized spacial score (nSPS) is 13.9. The van der Waals surface area contributed by atoms with E-state index in [-0.39, 0.29) is 0 Å². The molecule has 0 aromatic heterocycles. The van der Waals surface area contributed by atoms with Gasteiger partial charge in [-0.15, -0.1) is 0 Å². The lowest BCUT2D eigenvalue weighted by Gasteiger charge is -2.25. The van der Waals surface area contributed by atoms with E-state index >= 15 is 0 Å². The van der Waals surface area contributed by atoms with Crippen molar-refractivity contribution in [2.45, 2.75) is 60.5 Å². The second kappa shape index (κ2) is 11.5. The Labute approximate surface area is 126 Å². The second-order valence-corrected chi connectivity index (χ2v) is 7.07. The van der Waals surface area contributed by atoms with Crippen molar-refractivity contribution >= 4 is 0 Å². The molecule has 0 rings (SSSR count). The fraction of sp³-hybridized carbons (Fsp3) is 1.00. The van der Waals surface area contributed by atoms with E-state index in [1.165, 1.54) is 6.42 Å². The van der Waals surface area contributed by atoms with Gasteiger partial charge in [0.1, 0.15) is 0 Å². The predicted octanol–water partition coefficient (Wildman–Crippen LogP) is 3.32. The lowest BCUT2D eigenvalue weighted by atomic mass is 9.85. The Morgan fingerprint density at radius 2 is 1.55 bits per heavy atom. The van der Waals surface area contributed by atoms with Gasteiger partial charge in [-0.1, -0.05) is 41.5 Å². The Morgan fingerprint density at radius 1 is 0.950 bits per heavy atom. The van der Waals surface area contributed by atoms with Gasteiger partial charge >= 0.3 is 0 Å². The van der Waals surface area contributed by atoms with Gasteiger partial charge in [0.2, 0.25) is 0 Å². The number of nitrogens with one attached hydrogen (secondary N) is 1. The Balaban J connectivity index is 3.59. The number of hydrogen-bond acceptors (Lipinski definition) is 3. The first-order chi connectivity index (χ1) is 9.34. The Morgan fingerprint density at radius 3 is 2.05 bits per heavy atom. The van der Waals surface area contributed by atoms with E-state index in [0.29, 0.717) is 30.9 Å². The van der Waals surface area contributed by atoms with Gasteiger partial charge in [-0.2, -0.15) is 0 Å². The molecule has 122 valence electrons. The molecule has 0 radical (unpaired) electrons. The van der Waals surface area contributed by atoms with Crippen molar-refractivity contribution in [3.63, 3.8) is 0 Å². The number of ether oxygens (including phenoxy) is 1. The molecule has 0 aliphatic rings. The minimum Gasteiger partial charge on any atom is -0.389 e. The van der Waals surface area contributed by atoms with E-state index in [1.807, 2.05) is 0 Å². The summed E-state index contributed by atoms with van der Waals surface area (Å²) in [5, 5.41) is 13.2. The summed E-state index contributed by atoms with van der Waals surface area (Å²) < 4.78 is 5.51. The molecular formula is C17H37NO2. The number of aliphatic hydroxyl groups excluding tert-OH is 1. The minimum absolute atomic E-state index is 0.394. The lowest BCUT2D eigenvalue weighted by molar-refractivity contribution is 0.0338. The van der Waals surface area contributed by atoms with Crippen molar-refractivity contribution in [1.29, 1.82) is 0 Å². The van der Waals surface area contributed by atoms with Gasteiger partial charge in [0.15, 0.2) is 0 Å². The first-order valence-corrected chi connectivity index (χ1v) is 8.31. The second-order valence-electron chi connectivity index (χ2n) is 7.07. The molecule has 0 amide bonds. The maximum absolute atomic E-state index is 9.86. The van der Waals surface area contributed by atoms with E-state index in [9.17, 15) is 5.11 Å². The number of hydrogen-bond donors (Lipinski definition) is 2. The Kier molecular flexibility index (Phi) is 11.5. The summed E-state index contributed by atoms with van der Waals surface area (Å²) in [4.78, 5) is 0. The topological polar surface area (TPSA) is 41.5 Å². The number of rotatable bonds is 12. The van der Waals surface area contributed by atoms with E-state index < -0.39 is 6.10 Å². The summed E-state index contributed by atoms with van der Waals surface area (Å²) >= 11 is 0. The molecule has 0 saturated carbocycles. The first-order valence-electron chi connectivity index (χ1n) is 8.31. The monoisotopic (exact) mass is 287 g/mol. The van der Waals surface area contributed by atoms with Gasteiger partial charge in [0, 0.05) is 13.2 Å². The molecule has 0 bridgehead atoms. The van der Waals surface area contributed by atoms with Crippen molar-refractivity contribution in [2.75, 3.05) is 26.3 Å². The third-order valence-electron chi connectivity index (χ3n) is 3.85. The summed E-state index contributed by atoms with van der Waals surface area (Å²) in [6.45, 7) is 16.3. The molecule has 1 atom stereocenters. The van der Waals surface area contributed by atoms with Crippen LogP contribution in [-0.2, 0) is 4.74 Å². The molecule has 0 aliphatic carbocycles. The van der Waals surface area contributed by atoms with Crippen LogP contribution in [0.3, 0.4) is 0 Å². The van der Waals surface area contributed by atoms with Crippen LogP contribution in [0.5, 0.6) is 0 Å². The van der Waals surface area contributed by atoms with Crippen LogP contribution in [0.2, 0.25) is 0 Å². The minimum atomic E-state index is -0.394. The average Bonchev–Trinajstić information content (AvgIpc) is 2.32. The van der Waals surface area contributed by atoms with Gasteiger partial charge in [0.25, 0.3) is 0 Å². The highest BCUT2D eigenvalue weighted by Gasteiger charge is 2.17. The lowest BCUT2D eigenvalue weighted by Crippen LogP contribution is -2.36. The highest BCUT2D eigenvalue weighted by atomic mass is 16.5. The van der Waals surface area contributed by atoms with Crippen LogP contribution in [0.4, 0.5) is 0 Å². The Bertz CT molecular complexity index is 209. The number of aliphatic hydroxyl groups is 1. The largest absolute Gasteiger partial charge is 0.389 e. The van der Waals surface area contributed by atoms with Crippen LogP contribution >= 0.6 is 0 Å². The van der Waals surface area contributed by atoms with Crippen LogP contribution in [0, 0.1) is 23.7 Å². The van der Waals surface area contributed by atoms with Gasteiger partial charge in [-0.3, -0.25) is 0 Å². The maximum Gasteiger partial charge on any atom is 0.0897 e. The predicted molar refractivity (Wildman–Crippen MR) is 86.9 cm³/mol. The molecule has 20 heavy (non-hydrogen) atoms. The molecule has 2 N–H and O–H groups in total. The molecule has 0 heterocycles. The van der Waals surface area contributed by atoms with Crippen LogP contribution in [0.25, 0.3) is 0 Å². The van der Waals surface area contributed by atoms with Crippen molar-refractivity contribution in [3.05, 3.63) is 0 Å². The van der Waals surface area contributed by atoms with Crippen molar-refractivity contribution in [3.8, 4) is 0 Å². The van der Waals surface area contributed by atoms with Crippen molar-refractivity contribution in [1.82, 2.24) is 5.32 Å². The summed E-state index contributed by atoms with van der Waals surface area (Å²) in [6.07, 6.45) is 1.88. The SMILES string of the molecule is CC(C)CCCOCC(O)CNCC(C(C)C)C(C)C. The highest BCUT2D eigenvalue weighted by molar-refractivity contribution is 4.70. The van der Waals surface area contributed by atoms with E-state index in [1.54, 1.807) is 0 Å². The molecule has 0 spiro atoms. The molecule has 0 fully saturated rings. The van der Waals surface area contributed by atoms with Gasteiger partial charge in [-0.25, -0.2) is 0 Å². The molecule has 1 unspecified atom stereocenters. The quantitative estimate of drug-likeness (QED) is 0.541. The Hall–Kier alpha value is -0.120. The summed E-state index contributed by atoms with van der Waals surface area (Å²) in [5.74, 6) is 2.74.